The topological polar surface area (TPSA) is 85.4 Å². The molecule has 1 heterocycles. The van der Waals surface area contributed by atoms with E-state index in [1.54, 1.807) is 43.5 Å². The van der Waals surface area contributed by atoms with E-state index < -0.39 is 0 Å². The molecule has 1 aromatic carbocycles. The minimum atomic E-state index is -0.325. The number of hydrogen-bond acceptors (Lipinski definition) is 6. The van der Waals surface area contributed by atoms with E-state index in [1.165, 1.54) is 0 Å². The second-order valence-electron chi connectivity index (χ2n) is 4.51. The van der Waals surface area contributed by atoms with Crippen LogP contribution in [0.15, 0.2) is 36.4 Å². The van der Waals surface area contributed by atoms with Crippen LogP contribution in [0.5, 0.6) is 5.75 Å². The van der Waals surface area contributed by atoms with Gasteiger partial charge in [0, 0.05) is 18.7 Å². The first-order chi connectivity index (χ1) is 11.2. The highest BCUT2D eigenvalue weighted by Crippen LogP contribution is 2.15. The summed E-state index contributed by atoms with van der Waals surface area (Å²) in [4.78, 5) is 11.8. The summed E-state index contributed by atoms with van der Waals surface area (Å²) in [5.74, 6) is 1.20. The molecule has 0 bridgehead atoms. The highest BCUT2D eigenvalue weighted by molar-refractivity contribution is 6.30. The van der Waals surface area contributed by atoms with Crippen LogP contribution in [0.4, 0.5) is 11.6 Å². The van der Waals surface area contributed by atoms with E-state index in [4.69, 9.17) is 21.1 Å². The summed E-state index contributed by atoms with van der Waals surface area (Å²) >= 11 is 5.77. The molecule has 1 amide bonds. The minimum absolute atomic E-state index is 0.128. The van der Waals surface area contributed by atoms with Gasteiger partial charge < -0.3 is 20.1 Å². The van der Waals surface area contributed by atoms with Crippen molar-refractivity contribution in [3.8, 4) is 5.75 Å². The summed E-state index contributed by atoms with van der Waals surface area (Å²) in [7, 11) is 1.62. The van der Waals surface area contributed by atoms with Gasteiger partial charge in [-0.25, -0.2) is 0 Å². The molecule has 0 spiro atoms. The zero-order valence-electron chi connectivity index (χ0n) is 12.6. The van der Waals surface area contributed by atoms with Crippen molar-refractivity contribution in [3.05, 3.63) is 41.4 Å². The lowest BCUT2D eigenvalue weighted by Gasteiger charge is -2.07. The molecule has 0 aliphatic heterocycles. The maximum Gasteiger partial charge on any atom is 0.263 e. The van der Waals surface area contributed by atoms with Crippen molar-refractivity contribution in [1.29, 1.82) is 0 Å². The van der Waals surface area contributed by atoms with E-state index in [0.717, 1.165) is 0 Å². The van der Waals surface area contributed by atoms with Gasteiger partial charge in [-0.1, -0.05) is 11.6 Å². The number of carbonyl (C=O) groups is 1. The van der Waals surface area contributed by atoms with Gasteiger partial charge in [-0.2, -0.15) is 0 Å². The van der Waals surface area contributed by atoms with Gasteiger partial charge in [-0.05, 0) is 36.4 Å². The highest BCUT2D eigenvalue weighted by Gasteiger charge is 2.05. The van der Waals surface area contributed by atoms with Gasteiger partial charge in [-0.3, -0.25) is 4.79 Å². The molecule has 2 rings (SSSR count). The Morgan fingerprint density at radius 1 is 1.13 bits per heavy atom. The largest absolute Gasteiger partial charge is 0.484 e. The van der Waals surface area contributed by atoms with Crippen LogP contribution in [-0.4, -0.2) is 43.0 Å². The molecule has 1 aromatic heterocycles. The Labute approximate surface area is 139 Å². The minimum Gasteiger partial charge on any atom is -0.484 e. The first-order valence-electron chi connectivity index (χ1n) is 6.92. The number of aromatic nitrogens is 2. The standard InChI is InChI=1S/C15H17ClN4O3/c1-22-9-8-17-13-6-7-14(20-19-13)18-15(21)10-23-12-4-2-11(16)3-5-12/h2-7H,8-10H2,1H3,(H,17,19)(H,18,20,21). The summed E-state index contributed by atoms with van der Waals surface area (Å²) < 4.78 is 10.3. The first-order valence-corrected chi connectivity index (χ1v) is 7.30. The fourth-order valence-electron chi connectivity index (χ4n) is 1.63. The second kappa shape index (κ2) is 8.92. The molecule has 0 fully saturated rings. The lowest BCUT2D eigenvalue weighted by atomic mass is 10.3. The van der Waals surface area contributed by atoms with Gasteiger partial charge in [0.15, 0.2) is 12.4 Å². The highest BCUT2D eigenvalue weighted by atomic mass is 35.5. The fraction of sp³-hybridized carbons (Fsp3) is 0.267. The Hall–Kier alpha value is -2.38. The molecule has 23 heavy (non-hydrogen) atoms. The number of nitrogens with zero attached hydrogens (tertiary/aromatic N) is 2. The van der Waals surface area contributed by atoms with Gasteiger partial charge in [0.2, 0.25) is 0 Å². The van der Waals surface area contributed by atoms with E-state index in [0.29, 0.717) is 35.6 Å². The zero-order chi connectivity index (χ0) is 16.5. The van der Waals surface area contributed by atoms with Crippen LogP contribution >= 0.6 is 11.6 Å². The first kappa shape index (κ1) is 17.0. The smallest absolute Gasteiger partial charge is 0.263 e. The number of carbonyl (C=O) groups excluding carboxylic acids is 1. The fourth-order valence-corrected chi connectivity index (χ4v) is 1.76. The third-order valence-corrected chi connectivity index (χ3v) is 2.98. The number of nitrogens with one attached hydrogen (secondary N) is 2. The number of halogens is 1. The molecule has 7 nitrogen and oxygen atoms in total. The molecule has 2 N–H and O–H groups in total. The van der Waals surface area contributed by atoms with Crippen molar-refractivity contribution in [3.63, 3.8) is 0 Å². The van der Waals surface area contributed by atoms with Crippen LogP contribution in [0.3, 0.4) is 0 Å². The molecule has 0 aliphatic rings. The molecule has 0 unspecified atom stereocenters. The summed E-state index contributed by atoms with van der Waals surface area (Å²) in [6.07, 6.45) is 0. The van der Waals surface area contributed by atoms with Crippen molar-refractivity contribution < 1.29 is 14.3 Å². The molecule has 2 aromatic rings. The van der Waals surface area contributed by atoms with Gasteiger partial charge in [-0.15, -0.1) is 10.2 Å². The van der Waals surface area contributed by atoms with Gasteiger partial charge in [0.05, 0.1) is 6.61 Å². The number of methoxy groups -OCH3 is 1. The Morgan fingerprint density at radius 2 is 1.83 bits per heavy atom. The maximum atomic E-state index is 11.8. The quantitative estimate of drug-likeness (QED) is 0.719. The average molecular weight is 337 g/mol. The summed E-state index contributed by atoms with van der Waals surface area (Å²) in [5, 5.41) is 14.1. The van der Waals surface area contributed by atoms with Crippen LogP contribution in [0.1, 0.15) is 0 Å². The molecular weight excluding hydrogens is 320 g/mol. The van der Waals surface area contributed by atoms with Gasteiger partial charge >= 0.3 is 0 Å². The number of anilines is 2. The average Bonchev–Trinajstić information content (AvgIpc) is 2.56. The zero-order valence-corrected chi connectivity index (χ0v) is 13.3. The second-order valence-corrected chi connectivity index (χ2v) is 4.95. The SMILES string of the molecule is COCCNc1ccc(NC(=O)COc2ccc(Cl)cc2)nn1. The third kappa shape index (κ3) is 6.09. The van der Waals surface area contributed by atoms with Crippen LogP contribution < -0.4 is 15.4 Å². The van der Waals surface area contributed by atoms with Crippen molar-refractivity contribution in [2.24, 2.45) is 0 Å². The van der Waals surface area contributed by atoms with Gasteiger partial charge in [0.1, 0.15) is 11.6 Å². The van der Waals surface area contributed by atoms with E-state index >= 15 is 0 Å². The predicted molar refractivity (Wildman–Crippen MR) is 88.0 cm³/mol. The molecule has 8 heteroatoms. The number of rotatable bonds is 8. The normalized spacial score (nSPS) is 10.2. The molecular formula is C15H17ClN4O3. The maximum absolute atomic E-state index is 11.8. The molecule has 0 radical (unpaired) electrons. The predicted octanol–water partition coefficient (Wildman–Crippen LogP) is 2.21. The van der Waals surface area contributed by atoms with Crippen molar-refractivity contribution >= 4 is 29.1 Å². The third-order valence-electron chi connectivity index (χ3n) is 2.73. The van der Waals surface area contributed by atoms with Crippen molar-refractivity contribution in [2.45, 2.75) is 0 Å². The summed E-state index contributed by atoms with van der Waals surface area (Å²) in [6, 6.07) is 10.1. The Morgan fingerprint density at radius 3 is 2.48 bits per heavy atom. The van der Waals surface area contributed by atoms with Crippen LogP contribution in [-0.2, 0) is 9.53 Å². The van der Waals surface area contributed by atoms with Crippen LogP contribution in [0.25, 0.3) is 0 Å². The molecule has 0 atom stereocenters. The molecule has 122 valence electrons. The Kier molecular flexibility index (Phi) is 6.58. The van der Waals surface area contributed by atoms with E-state index in [1.807, 2.05) is 0 Å². The Bertz CT molecular complexity index is 620. The molecule has 0 aliphatic carbocycles. The van der Waals surface area contributed by atoms with Gasteiger partial charge in [0.25, 0.3) is 5.91 Å². The molecule has 0 saturated heterocycles. The monoisotopic (exact) mass is 336 g/mol. The Balaban J connectivity index is 1.77. The van der Waals surface area contributed by atoms with Crippen molar-refractivity contribution in [1.82, 2.24) is 10.2 Å². The number of benzene rings is 1. The van der Waals surface area contributed by atoms with E-state index in [-0.39, 0.29) is 12.5 Å². The number of ether oxygens (including phenoxy) is 2. The van der Waals surface area contributed by atoms with Crippen LogP contribution in [0.2, 0.25) is 5.02 Å². The number of amides is 1. The van der Waals surface area contributed by atoms with E-state index in [2.05, 4.69) is 20.8 Å². The van der Waals surface area contributed by atoms with Crippen LogP contribution in [0, 0.1) is 0 Å². The lowest BCUT2D eigenvalue weighted by Crippen LogP contribution is -2.21. The van der Waals surface area contributed by atoms with E-state index in [9.17, 15) is 4.79 Å². The summed E-state index contributed by atoms with van der Waals surface area (Å²) in [5.41, 5.74) is 0. The molecule has 0 saturated carbocycles. The van der Waals surface area contributed by atoms with Crippen molar-refractivity contribution in [2.75, 3.05) is 37.5 Å². The number of hydrogen-bond donors (Lipinski definition) is 2. The summed E-state index contributed by atoms with van der Waals surface area (Å²) in [6.45, 7) is 1.07. The lowest BCUT2D eigenvalue weighted by molar-refractivity contribution is -0.118.